The Bertz CT molecular complexity index is 502. The van der Waals surface area contributed by atoms with Crippen molar-refractivity contribution in [3.63, 3.8) is 0 Å². The Morgan fingerprint density at radius 1 is 1.19 bits per heavy atom. The minimum absolute atomic E-state index is 0.134. The van der Waals surface area contributed by atoms with Gasteiger partial charge >= 0.3 is 5.91 Å². The third-order valence-corrected chi connectivity index (χ3v) is 1.79. The average molecular weight is 217 g/mol. The maximum Gasteiger partial charge on any atom is 0.312 e. The maximum atomic E-state index is 11.1. The van der Waals surface area contributed by atoms with Crippen LogP contribution in [0.5, 0.6) is 0 Å². The van der Waals surface area contributed by atoms with Crippen molar-refractivity contribution in [1.82, 2.24) is 25.4 Å². The van der Waals surface area contributed by atoms with Gasteiger partial charge in [-0.15, -0.1) is 0 Å². The Morgan fingerprint density at radius 3 is 2.75 bits per heavy atom. The van der Waals surface area contributed by atoms with Crippen LogP contribution in [0.1, 0.15) is 10.6 Å². The molecule has 0 unspecified atom stereocenters. The number of hydroxylamine groups is 1. The third kappa shape index (κ3) is 1.98. The molecule has 0 spiro atoms. The van der Waals surface area contributed by atoms with Gasteiger partial charge in [0, 0.05) is 18.6 Å². The Hall–Kier alpha value is -2.41. The molecule has 2 N–H and O–H groups in total. The highest BCUT2D eigenvalue weighted by Gasteiger charge is 2.09. The molecule has 1 amide bonds. The topological polar surface area (TPSA) is 101 Å². The van der Waals surface area contributed by atoms with Gasteiger partial charge in [0.15, 0.2) is 0 Å². The van der Waals surface area contributed by atoms with E-state index in [1.165, 1.54) is 30.3 Å². The van der Waals surface area contributed by atoms with E-state index in [9.17, 15) is 4.79 Å². The van der Waals surface area contributed by atoms with Crippen LogP contribution in [0.2, 0.25) is 0 Å². The highest BCUT2D eigenvalue weighted by molar-refractivity contribution is 5.89. The monoisotopic (exact) mass is 217 g/mol. The smallest absolute Gasteiger partial charge is 0.288 e. The molecular formula is C9H7N5O2. The van der Waals surface area contributed by atoms with Crippen LogP contribution in [0.25, 0.3) is 11.4 Å². The summed E-state index contributed by atoms with van der Waals surface area (Å²) < 4.78 is 0. The van der Waals surface area contributed by atoms with Crippen LogP contribution in [0, 0.1) is 0 Å². The number of nitrogens with zero attached hydrogens (tertiary/aromatic N) is 4. The fourth-order valence-electron chi connectivity index (χ4n) is 1.09. The number of amides is 1. The summed E-state index contributed by atoms with van der Waals surface area (Å²) in [7, 11) is 0. The molecule has 16 heavy (non-hydrogen) atoms. The maximum absolute atomic E-state index is 11.1. The minimum atomic E-state index is -0.772. The van der Waals surface area contributed by atoms with Gasteiger partial charge in [0.25, 0.3) is 0 Å². The predicted octanol–water partition coefficient (Wildman–Crippen LogP) is 0.0526. The van der Waals surface area contributed by atoms with E-state index in [0.29, 0.717) is 11.4 Å². The number of aromatic nitrogens is 4. The van der Waals surface area contributed by atoms with Crippen LogP contribution in [-0.2, 0) is 0 Å². The number of rotatable bonds is 2. The number of carbonyl (C=O) groups is 1. The average Bonchev–Trinajstić information content (AvgIpc) is 2.39. The molecule has 0 aliphatic heterocycles. The van der Waals surface area contributed by atoms with Gasteiger partial charge in [0.1, 0.15) is 5.69 Å². The van der Waals surface area contributed by atoms with Gasteiger partial charge in [-0.1, -0.05) is 0 Å². The SMILES string of the molecule is O=C(NO)c1nccc(-c2cnccn2)n1. The quantitative estimate of drug-likeness (QED) is 0.544. The van der Waals surface area contributed by atoms with Crippen molar-refractivity contribution in [2.75, 3.05) is 0 Å². The summed E-state index contributed by atoms with van der Waals surface area (Å²) in [4.78, 5) is 26.6. The van der Waals surface area contributed by atoms with E-state index in [1.807, 2.05) is 0 Å². The molecule has 0 aliphatic rings. The van der Waals surface area contributed by atoms with E-state index >= 15 is 0 Å². The summed E-state index contributed by atoms with van der Waals surface area (Å²) >= 11 is 0. The lowest BCUT2D eigenvalue weighted by atomic mass is 10.3. The van der Waals surface area contributed by atoms with Crippen molar-refractivity contribution in [2.45, 2.75) is 0 Å². The minimum Gasteiger partial charge on any atom is -0.288 e. The second-order valence-corrected chi connectivity index (χ2v) is 2.80. The van der Waals surface area contributed by atoms with Crippen molar-refractivity contribution >= 4 is 5.91 Å². The largest absolute Gasteiger partial charge is 0.312 e. The van der Waals surface area contributed by atoms with Crippen LogP contribution >= 0.6 is 0 Å². The van der Waals surface area contributed by atoms with Gasteiger partial charge in [0.05, 0.1) is 11.9 Å². The molecule has 0 saturated heterocycles. The van der Waals surface area contributed by atoms with Gasteiger partial charge in [0.2, 0.25) is 5.82 Å². The van der Waals surface area contributed by atoms with Crippen molar-refractivity contribution < 1.29 is 10.0 Å². The lowest BCUT2D eigenvalue weighted by molar-refractivity contribution is 0.0694. The van der Waals surface area contributed by atoms with E-state index in [-0.39, 0.29) is 5.82 Å². The van der Waals surface area contributed by atoms with E-state index in [2.05, 4.69) is 19.9 Å². The van der Waals surface area contributed by atoms with Crippen LogP contribution in [0.3, 0.4) is 0 Å². The summed E-state index contributed by atoms with van der Waals surface area (Å²) in [5.74, 6) is -0.906. The van der Waals surface area contributed by atoms with Gasteiger partial charge in [-0.25, -0.2) is 15.4 Å². The molecule has 0 atom stereocenters. The molecule has 0 radical (unpaired) electrons. The second kappa shape index (κ2) is 4.41. The molecule has 80 valence electrons. The molecule has 0 fully saturated rings. The molecule has 7 nitrogen and oxygen atoms in total. The van der Waals surface area contributed by atoms with Crippen LogP contribution < -0.4 is 5.48 Å². The Morgan fingerprint density at radius 2 is 2.06 bits per heavy atom. The lowest BCUT2D eigenvalue weighted by Crippen LogP contribution is -2.21. The zero-order valence-corrected chi connectivity index (χ0v) is 8.03. The first-order valence-corrected chi connectivity index (χ1v) is 4.35. The molecule has 2 heterocycles. The van der Waals surface area contributed by atoms with E-state index in [1.54, 1.807) is 6.07 Å². The number of carbonyl (C=O) groups excluding carboxylic acids is 1. The predicted molar refractivity (Wildman–Crippen MR) is 52.3 cm³/mol. The number of hydrogen-bond donors (Lipinski definition) is 2. The van der Waals surface area contributed by atoms with E-state index in [0.717, 1.165) is 0 Å². The van der Waals surface area contributed by atoms with Gasteiger partial charge in [-0.05, 0) is 6.07 Å². The molecule has 0 bridgehead atoms. The van der Waals surface area contributed by atoms with E-state index in [4.69, 9.17) is 5.21 Å². The van der Waals surface area contributed by atoms with Crippen molar-refractivity contribution in [3.8, 4) is 11.4 Å². The van der Waals surface area contributed by atoms with Gasteiger partial charge < -0.3 is 0 Å². The Balaban J connectivity index is 2.40. The summed E-state index contributed by atoms with van der Waals surface area (Å²) in [5, 5.41) is 8.44. The summed E-state index contributed by atoms with van der Waals surface area (Å²) in [6.07, 6.45) is 5.97. The van der Waals surface area contributed by atoms with Crippen LogP contribution in [0.15, 0.2) is 30.9 Å². The standard InChI is InChI=1S/C9H7N5O2/c15-9(14-16)8-12-2-1-6(13-8)7-5-10-3-4-11-7/h1-5,16H,(H,14,15). The molecule has 2 aromatic heterocycles. The normalized spacial score (nSPS) is 9.81. The highest BCUT2D eigenvalue weighted by Crippen LogP contribution is 2.10. The second-order valence-electron chi connectivity index (χ2n) is 2.80. The molecule has 0 aliphatic carbocycles. The van der Waals surface area contributed by atoms with Crippen molar-refractivity contribution in [2.24, 2.45) is 0 Å². The highest BCUT2D eigenvalue weighted by atomic mass is 16.5. The number of nitrogens with one attached hydrogen (secondary N) is 1. The zero-order chi connectivity index (χ0) is 11.4. The third-order valence-electron chi connectivity index (χ3n) is 1.79. The van der Waals surface area contributed by atoms with Crippen molar-refractivity contribution in [1.29, 1.82) is 0 Å². The Kier molecular flexibility index (Phi) is 2.79. The molecule has 0 aromatic carbocycles. The van der Waals surface area contributed by atoms with Crippen molar-refractivity contribution in [3.05, 3.63) is 36.7 Å². The fourth-order valence-corrected chi connectivity index (χ4v) is 1.09. The first-order valence-electron chi connectivity index (χ1n) is 4.35. The first-order chi connectivity index (χ1) is 7.81. The summed E-state index contributed by atoms with van der Waals surface area (Å²) in [5.41, 5.74) is 2.44. The number of hydrogen-bond acceptors (Lipinski definition) is 6. The van der Waals surface area contributed by atoms with Crippen LogP contribution in [-0.4, -0.2) is 31.1 Å². The molecular weight excluding hydrogens is 210 g/mol. The van der Waals surface area contributed by atoms with Crippen LogP contribution in [0.4, 0.5) is 0 Å². The summed E-state index contributed by atoms with van der Waals surface area (Å²) in [6.45, 7) is 0. The van der Waals surface area contributed by atoms with Gasteiger partial charge in [-0.2, -0.15) is 0 Å². The van der Waals surface area contributed by atoms with Gasteiger partial charge in [-0.3, -0.25) is 20.0 Å². The Labute approximate surface area is 90.2 Å². The van der Waals surface area contributed by atoms with E-state index < -0.39 is 5.91 Å². The summed E-state index contributed by atoms with van der Waals surface area (Å²) in [6, 6.07) is 1.60. The zero-order valence-electron chi connectivity index (χ0n) is 8.03. The lowest BCUT2D eigenvalue weighted by Gasteiger charge is -2.00. The molecule has 2 rings (SSSR count). The first kappa shape index (κ1) is 10.1. The molecule has 2 aromatic rings. The fraction of sp³-hybridized carbons (Fsp3) is 0. The molecule has 7 heteroatoms. The molecule has 0 saturated carbocycles.